The Bertz CT molecular complexity index is 704. The van der Waals surface area contributed by atoms with E-state index in [4.69, 9.17) is 4.74 Å². The molecule has 2 fully saturated rings. The Morgan fingerprint density at radius 3 is 2.04 bits per heavy atom. The summed E-state index contributed by atoms with van der Waals surface area (Å²) in [6.07, 6.45) is 0. The van der Waals surface area contributed by atoms with Crippen LogP contribution in [0, 0.1) is 17.7 Å². The van der Waals surface area contributed by atoms with Gasteiger partial charge in [0.2, 0.25) is 0 Å². The average molecular weight is 340 g/mol. The highest BCUT2D eigenvalue weighted by Crippen LogP contribution is 2.32. The number of hydrogen-bond acceptors (Lipinski definition) is 3. The highest BCUT2D eigenvalue weighted by Gasteiger charge is 2.39. The molecule has 0 saturated carbocycles. The summed E-state index contributed by atoms with van der Waals surface area (Å²) in [4.78, 5) is 5.05. The summed E-state index contributed by atoms with van der Waals surface area (Å²) in [6, 6.07) is 15.4. The number of methoxy groups -OCH3 is 1. The van der Waals surface area contributed by atoms with Crippen molar-refractivity contribution in [2.75, 3.05) is 33.3 Å². The number of hydrogen-bond donors (Lipinski definition) is 0. The second kappa shape index (κ2) is 7.14. The summed E-state index contributed by atoms with van der Waals surface area (Å²) in [5, 5.41) is 0. The minimum atomic E-state index is -0.137. The third kappa shape index (κ3) is 3.86. The minimum Gasteiger partial charge on any atom is -0.497 e. The molecule has 3 nitrogen and oxygen atoms in total. The van der Waals surface area contributed by atoms with Crippen LogP contribution in [0.3, 0.4) is 0 Å². The second-order valence-electron chi connectivity index (χ2n) is 7.39. The number of halogens is 1. The van der Waals surface area contributed by atoms with Crippen LogP contribution in [-0.4, -0.2) is 43.1 Å². The van der Waals surface area contributed by atoms with Gasteiger partial charge < -0.3 is 4.74 Å². The van der Waals surface area contributed by atoms with Gasteiger partial charge in [0.1, 0.15) is 11.6 Å². The highest BCUT2D eigenvalue weighted by atomic mass is 19.1. The fourth-order valence-electron chi connectivity index (χ4n) is 4.33. The lowest BCUT2D eigenvalue weighted by Crippen LogP contribution is -2.28. The summed E-state index contributed by atoms with van der Waals surface area (Å²) >= 11 is 0. The van der Waals surface area contributed by atoms with E-state index in [1.54, 1.807) is 19.2 Å². The first-order valence-corrected chi connectivity index (χ1v) is 9.01. The number of benzene rings is 2. The Labute approximate surface area is 149 Å². The van der Waals surface area contributed by atoms with Gasteiger partial charge in [-0.15, -0.1) is 0 Å². The number of nitrogens with zero attached hydrogens (tertiary/aromatic N) is 2. The van der Waals surface area contributed by atoms with Crippen LogP contribution in [0.25, 0.3) is 0 Å². The Kier molecular flexibility index (Phi) is 4.73. The van der Waals surface area contributed by atoms with Crippen molar-refractivity contribution in [3.63, 3.8) is 0 Å². The van der Waals surface area contributed by atoms with Crippen molar-refractivity contribution < 1.29 is 9.13 Å². The zero-order valence-electron chi connectivity index (χ0n) is 14.7. The van der Waals surface area contributed by atoms with Gasteiger partial charge in [0.15, 0.2) is 0 Å². The van der Waals surface area contributed by atoms with Crippen LogP contribution in [-0.2, 0) is 13.1 Å². The maximum atomic E-state index is 13.3. The van der Waals surface area contributed by atoms with Crippen LogP contribution >= 0.6 is 0 Å². The molecule has 0 unspecified atom stereocenters. The van der Waals surface area contributed by atoms with Crippen LogP contribution < -0.4 is 4.74 Å². The molecule has 4 heteroatoms. The van der Waals surface area contributed by atoms with Gasteiger partial charge in [-0.25, -0.2) is 4.39 Å². The molecule has 2 aliphatic heterocycles. The molecule has 0 aliphatic carbocycles. The van der Waals surface area contributed by atoms with Crippen molar-refractivity contribution in [2.24, 2.45) is 11.8 Å². The fraction of sp³-hybridized carbons (Fsp3) is 0.429. The average Bonchev–Trinajstić information content (AvgIpc) is 3.13. The Hall–Kier alpha value is -1.91. The topological polar surface area (TPSA) is 15.7 Å². The number of likely N-dealkylation sites (tertiary alicyclic amines) is 2. The van der Waals surface area contributed by atoms with Gasteiger partial charge in [0, 0.05) is 39.3 Å². The quantitative estimate of drug-likeness (QED) is 0.830. The fourth-order valence-corrected chi connectivity index (χ4v) is 4.33. The van der Waals surface area contributed by atoms with E-state index in [-0.39, 0.29) is 5.82 Å². The lowest BCUT2D eigenvalue weighted by Gasteiger charge is -2.21. The molecule has 2 aromatic rings. The smallest absolute Gasteiger partial charge is 0.123 e. The van der Waals surface area contributed by atoms with E-state index in [1.807, 2.05) is 18.2 Å². The third-order valence-corrected chi connectivity index (χ3v) is 5.50. The molecule has 0 aromatic heterocycles. The van der Waals surface area contributed by atoms with Crippen LogP contribution in [0.1, 0.15) is 11.1 Å². The van der Waals surface area contributed by atoms with Crippen LogP contribution in [0.15, 0.2) is 48.5 Å². The van der Waals surface area contributed by atoms with Gasteiger partial charge in [-0.2, -0.15) is 0 Å². The molecule has 25 heavy (non-hydrogen) atoms. The molecule has 0 radical (unpaired) electrons. The zero-order chi connectivity index (χ0) is 17.2. The van der Waals surface area contributed by atoms with Crippen molar-refractivity contribution in [2.45, 2.75) is 13.1 Å². The van der Waals surface area contributed by atoms with E-state index in [0.29, 0.717) is 0 Å². The van der Waals surface area contributed by atoms with E-state index in [1.165, 1.54) is 11.6 Å². The van der Waals surface area contributed by atoms with Crippen LogP contribution in [0.4, 0.5) is 4.39 Å². The van der Waals surface area contributed by atoms with E-state index < -0.39 is 0 Å². The minimum absolute atomic E-state index is 0.137. The molecule has 132 valence electrons. The highest BCUT2D eigenvalue weighted by molar-refractivity contribution is 5.27. The Morgan fingerprint density at radius 1 is 0.880 bits per heavy atom. The summed E-state index contributed by atoms with van der Waals surface area (Å²) < 4.78 is 18.6. The molecule has 2 saturated heterocycles. The molecule has 2 heterocycles. The standard InChI is InChI=1S/C21H25FN2O/c1-25-21-7-5-16(6-8-21)10-23-12-18-14-24(15-19(18)13-23)11-17-3-2-4-20(22)9-17/h2-9,18-19H,10-15H2,1H3/t18-,19+. The molecular formula is C21H25FN2O. The van der Waals surface area contributed by atoms with E-state index in [2.05, 4.69) is 21.9 Å². The van der Waals surface area contributed by atoms with E-state index in [0.717, 1.165) is 62.4 Å². The van der Waals surface area contributed by atoms with Crippen molar-refractivity contribution in [3.8, 4) is 5.75 Å². The number of rotatable bonds is 5. The van der Waals surface area contributed by atoms with Gasteiger partial charge in [-0.3, -0.25) is 9.80 Å². The lowest BCUT2D eigenvalue weighted by molar-refractivity contribution is 0.246. The van der Waals surface area contributed by atoms with Gasteiger partial charge in [0.05, 0.1) is 7.11 Å². The van der Waals surface area contributed by atoms with E-state index in [9.17, 15) is 4.39 Å². The summed E-state index contributed by atoms with van der Waals surface area (Å²) in [5.41, 5.74) is 2.42. The van der Waals surface area contributed by atoms with E-state index >= 15 is 0 Å². The van der Waals surface area contributed by atoms with Crippen molar-refractivity contribution in [3.05, 3.63) is 65.5 Å². The molecule has 4 rings (SSSR count). The van der Waals surface area contributed by atoms with Gasteiger partial charge in [0.25, 0.3) is 0 Å². The molecule has 0 N–H and O–H groups in total. The van der Waals surface area contributed by atoms with Crippen molar-refractivity contribution >= 4 is 0 Å². The van der Waals surface area contributed by atoms with Crippen molar-refractivity contribution in [1.29, 1.82) is 0 Å². The third-order valence-electron chi connectivity index (χ3n) is 5.50. The second-order valence-corrected chi connectivity index (χ2v) is 7.39. The molecular weight excluding hydrogens is 315 g/mol. The SMILES string of the molecule is COc1ccc(CN2C[C@@H]3CN(Cc4cccc(F)c4)C[C@@H]3C2)cc1. The molecule has 2 atom stereocenters. The van der Waals surface area contributed by atoms with Crippen molar-refractivity contribution in [1.82, 2.24) is 9.80 Å². The summed E-state index contributed by atoms with van der Waals surface area (Å²) in [5.74, 6) is 2.26. The zero-order valence-corrected chi connectivity index (χ0v) is 14.7. The molecule has 0 amide bonds. The van der Waals surface area contributed by atoms with Gasteiger partial charge >= 0.3 is 0 Å². The molecule has 0 bridgehead atoms. The molecule has 0 spiro atoms. The Morgan fingerprint density at radius 2 is 1.48 bits per heavy atom. The first-order chi connectivity index (χ1) is 12.2. The van der Waals surface area contributed by atoms with Crippen LogP contribution in [0.5, 0.6) is 5.75 Å². The lowest BCUT2D eigenvalue weighted by atomic mass is 10.0. The Balaban J connectivity index is 1.29. The summed E-state index contributed by atoms with van der Waals surface area (Å²) in [6.45, 7) is 6.46. The van der Waals surface area contributed by atoms with Crippen LogP contribution in [0.2, 0.25) is 0 Å². The maximum Gasteiger partial charge on any atom is 0.123 e. The maximum absolute atomic E-state index is 13.3. The molecule has 2 aromatic carbocycles. The predicted octanol–water partition coefficient (Wildman–Crippen LogP) is 3.40. The van der Waals surface area contributed by atoms with Gasteiger partial charge in [-0.05, 0) is 47.2 Å². The molecule has 2 aliphatic rings. The first kappa shape index (κ1) is 16.6. The normalized spacial score (nSPS) is 23.8. The largest absolute Gasteiger partial charge is 0.497 e. The monoisotopic (exact) mass is 340 g/mol. The summed E-state index contributed by atoms with van der Waals surface area (Å²) in [7, 11) is 1.70. The first-order valence-electron chi connectivity index (χ1n) is 9.01. The van der Waals surface area contributed by atoms with Gasteiger partial charge in [-0.1, -0.05) is 24.3 Å². The predicted molar refractivity (Wildman–Crippen MR) is 96.9 cm³/mol. The number of fused-ring (bicyclic) bond motifs is 1. The number of ether oxygens (including phenoxy) is 1.